The second kappa shape index (κ2) is 8.78. The van der Waals surface area contributed by atoms with Gasteiger partial charge in [0, 0.05) is 6.20 Å². The van der Waals surface area contributed by atoms with Crippen LogP contribution in [0.15, 0.2) is 17.3 Å². The third-order valence-corrected chi connectivity index (χ3v) is 4.36. The summed E-state index contributed by atoms with van der Waals surface area (Å²) in [6, 6.07) is 0.943. The van der Waals surface area contributed by atoms with Crippen molar-refractivity contribution in [2.24, 2.45) is 0 Å². The summed E-state index contributed by atoms with van der Waals surface area (Å²) in [6.07, 6.45) is 3.58. The van der Waals surface area contributed by atoms with Gasteiger partial charge in [0.2, 0.25) is 0 Å². The van der Waals surface area contributed by atoms with Gasteiger partial charge >= 0.3 is 6.18 Å². The molecule has 1 aromatic heterocycles. The predicted molar refractivity (Wildman–Crippen MR) is 78.3 cm³/mol. The van der Waals surface area contributed by atoms with Crippen molar-refractivity contribution in [3.8, 4) is 0 Å². The number of unbranched alkanes of at least 4 members (excludes halogenated alkanes) is 5. The van der Waals surface area contributed by atoms with E-state index in [1.807, 2.05) is 0 Å². The van der Waals surface area contributed by atoms with E-state index in [-0.39, 0.29) is 5.02 Å². The van der Waals surface area contributed by atoms with Crippen molar-refractivity contribution in [2.45, 2.75) is 56.7 Å². The molecule has 0 amide bonds. The van der Waals surface area contributed by atoms with Gasteiger partial charge in [0.25, 0.3) is 0 Å². The summed E-state index contributed by atoms with van der Waals surface area (Å²) in [4.78, 5) is 3.80. The van der Waals surface area contributed by atoms with Crippen LogP contribution in [-0.2, 0) is 6.18 Å². The van der Waals surface area contributed by atoms with E-state index in [0.29, 0.717) is 5.03 Å². The van der Waals surface area contributed by atoms with Gasteiger partial charge in [0.05, 0.1) is 10.6 Å². The third-order valence-electron chi connectivity index (χ3n) is 2.87. The van der Waals surface area contributed by atoms with E-state index in [1.165, 1.54) is 37.4 Å². The maximum absolute atomic E-state index is 12.4. The van der Waals surface area contributed by atoms with E-state index < -0.39 is 11.7 Å². The number of rotatable bonds is 8. The fourth-order valence-corrected chi connectivity index (χ4v) is 2.93. The van der Waals surface area contributed by atoms with E-state index in [9.17, 15) is 13.2 Å². The zero-order valence-corrected chi connectivity index (χ0v) is 13.0. The van der Waals surface area contributed by atoms with Gasteiger partial charge in [-0.1, -0.05) is 50.6 Å². The fourth-order valence-electron chi connectivity index (χ4n) is 1.74. The zero-order valence-electron chi connectivity index (χ0n) is 11.5. The molecule has 0 spiro atoms. The molecule has 0 saturated heterocycles. The lowest BCUT2D eigenvalue weighted by molar-refractivity contribution is -0.137. The van der Waals surface area contributed by atoms with Gasteiger partial charge in [0.1, 0.15) is 5.03 Å². The molecule has 1 rings (SSSR count). The second-order valence-corrected chi connectivity index (χ2v) is 6.12. The molecule has 6 heteroatoms. The Kier molecular flexibility index (Phi) is 7.74. The Morgan fingerprint density at radius 3 is 2.40 bits per heavy atom. The summed E-state index contributed by atoms with van der Waals surface area (Å²) in [7, 11) is 0. The molecule has 0 atom stereocenters. The highest BCUT2D eigenvalue weighted by molar-refractivity contribution is 7.99. The molecule has 114 valence electrons. The SMILES string of the molecule is CCCCCCCCSc1ncc(C(F)(F)F)cc1Cl. The number of alkyl halides is 3. The largest absolute Gasteiger partial charge is 0.417 e. The number of thioether (sulfide) groups is 1. The van der Waals surface area contributed by atoms with Crippen molar-refractivity contribution >= 4 is 23.4 Å². The lowest BCUT2D eigenvalue weighted by Gasteiger charge is -2.08. The summed E-state index contributed by atoms with van der Waals surface area (Å²) in [5, 5.41) is 0.559. The minimum absolute atomic E-state index is 0.0795. The van der Waals surface area contributed by atoms with E-state index in [1.54, 1.807) is 0 Å². The summed E-state index contributed by atoms with van der Waals surface area (Å²) in [5.41, 5.74) is -0.800. The van der Waals surface area contributed by atoms with Crippen molar-refractivity contribution in [2.75, 3.05) is 5.75 Å². The average Bonchev–Trinajstić information content (AvgIpc) is 2.38. The van der Waals surface area contributed by atoms with Gasteiger partial charge < -0.3 is 0 Å². The van der Waals surface area contributed by atoms with Gasteiger partial charge in [-0.2, -0.15) is 13.2 Å². The lowest BCUT2D eigenvalue weighted by atomic mass is 10.1. The fraction of sp³-hybridized carbons (Fsp3) is 0.643. The van der Waals surface area contributed by atoms with E-state index in [0.717, 1.165) is 30.9 Å². The van der Waals surface area contributed by atoms with Crippen molar-refractivity contribution in [3.63, 3.8) is 0 Å². The molecule has 0 radical (unpaired) electrons. The number of aromatic nitrogens is 1. The summed E-state index contributed by atoms with van der Waals surface area (Å²) in [6.45, 7) is 2.17. The van der Waals surface area contributed by atoms with Crippen molar-refractivity contribution in [1.29, 1.82) is 0 Å². The van der Waals surface area contributed by atoms with Crippen LogP contribution in [0.5, 0.6) is 0 Å². The molecular formula is C14H19ClF3NS. The molecule has 20 heavy (non-hydrogen) atoms. The van der Waals surface area contributed by atoms with Crippen LogP contribution in [0.1, 0.15) is 51.0 Å². The first-order valence-corrected chi connectivity index (χ1v) is 8.17. The molecule has 0 N–H and O–H groups in total. The number of halogens is 4. The van der Waals surface area contributed by atoms with Crippen LogP contribution in [0.2, 0.25) is 5.02 Å². The van der Waals surface area contributed by atoms with Gasteiger partial charge in [-0.3, -0.25) is 0 Å². The maximum atomic E-state index is 12.4. The first-order valence-electron chi connectivity index (χ1n) is 6.80. The molecule has 0 aromatic carbocycles. The second-order valence-electron chi connectivity index (χ2n) is 4.62. The minimum atomic E-state index is -4.39. The van der Waals surface area contributed by atoms with Gasteiger partial charge in [-0.25, -0.2) is 4.98 Å². The first-order chi connectivity index (χ1) is 9.45. The molecule has 0 aliphatic rings. The summed E-state index contributed by atoms with van der Waals surface area (Å²) >= 11 is 7.25. The Morgan fingerprint density at radius 2 is 1.80 bits per heavy atom. The van der Waals surface area contributed by atoms with Crippen molar-refractivity contribution in [1.82, 2.24) is 4.98 Å². The van der Waals surface area contributed by atoms with Crippen molar-refractivity contribution < 1.29 is 13.2 Å². The van der Waals surface area contributed by atoms with Gasteiger partial charge in [0.15, 0.2) is 0 Å². The molecule has 0 unspecified atom stereocenters. The van der Waals surface area contributed by atoms with Crippen LogP contribution in [0, 0.1) is 0 Å². The Balaban J connectivity index is 2.34. The quantitative estimate of drug-likeness (QED) is 0.416. The van der Waals surface area contributed by atoms with Crippen molar-refractivity contribution in [3.05, 3.63) is 22.8 Å². The molecule has 1 nitrogen and oxygen atoms in total. The normalized spacial score (nSPS) is 11.8. The van der Waals surface area contributed by atoms with E-state index >= 15 is 0 Å². The molecule has 0 fully saturated rings. The summed E-state index contributed by atoms with van der Waals surface area (Å²) < 4.78 is 37.3. The molecule has 1 heterocycles. The highest BCUT2D eigenvalue weighted by Gasteiger charge is 2.31. The molecule has 0 aliphatic carbocycles. The van der Waals surface area contributed by atoms with E-state index in [2.05, 4.69) is 11.9 Å². The molecule has 0 saturated carbocycles. The lowest BCUT2D eigenvalue weighted by Crippen LogP contribution is -2.05. The van der Waals surface area contributed by atoms with Crippen LogP contribution < -0.4 is 0 Å². The van der Waals surface area contributed by atoms with Gasteiger partial charge in [-0.15, -0.1) is 11.8 Å². The molecule has 1 aromatic rings. The number of hydrogen-bond acceptors (Lipinski definition) is 2. The highest BCUT2D eigenvalue weighted by Crippen LogP contribution is 2.33. The van der Waals surface area contributed by atoms with Gasteiger partial charge in [-0.05, 0) is 18.2 Å². The Hall–Kier alpha value is -0.420. The van der Waals surface area contributed by atoms with Crippen LogP contribution in [0.25, 0.3) is 0 Å². The number of nitrogens with zero attached hydrogens (tertiary/aromatic N) is 1. The Bertz CT molecular complexity index is 410. The Labute approximate surface area is 127 Å². The smallest absolute Gasteiger partial charge is 0.248 e. The monoisotopic (exact) mass is 325 g/mol. The van der Waals surface area contributed by atoms with Crippen LogP contribution in [0.4, 0.5) is 13.2 Å². The molecule has 0 bridgehead atoms. The highest BCUT2D eigenvalue weighted by atomic mass is 35.5. The topological polar surface area (TPSA) is 12.9 Å². The zero-order chi connectivity index (χ0) is 15.0. The Morgan fingerprint density at radius 1 is 1.15 bits per heavy atom. The van der Waals surface area contributed by atoms with Crippen LogP contribution in [-0.4, -0.2) is 10.7 Å². The molecular weight excluding hydrogens is 307 g/mol. The number of hydrogen-bond donors (Lipinski definition) is 0. The maximum Gasteiger partial charge on any atom is 0.417 e. The van der Waals surface area contributed by atoms with E-state index in [4.69, 9.17) is 11.6 Å². The number of pyridine rings is 1. The average molecular weight is 326 g/mol. The van der Waals surface area contributed by atoms with Crippen LogP contribution >= 0.6 is 23.4 Å². The minimum Gasteiger partial charge on any atom is -0.248 e. The standard InChI is InChI=1S/C14H19ClF3NS/c1-2-3-4-5-6-7-8-20-13-12(15)9-11(10-19-13)14(16,17)18/h9-10H,2-8H2,1H3. The summed E-state index contributed by atoms with van der Waals surface area (Å²) in [5.74, 6) is 0.838. The van der Waals surface area contributed by atoms with Crippen LogP contribution in [0.3, 0.4) is 0 Å². The molecule has 0 aliphatic heterocycles. The first kappa shape index (κ1) is 17.6. The third kappa shape index (κ3) is 6.35. The predicted octanol–water partition coefficient (Wildman–Crippen LogP) is 6.21.